The van der Waals surface area contributed by atoms with E-state index in [0.717, 1.165) is 0 Å². The lowest BCUT2D eigenvalue weighted by molar-refractivity contribution is 0.0695. The molecule has 1 atom stereocenters. The molecule has 210 valence electrons. The van der Waals surface area contributed by atoms with E-state index in [1.165, 1.54) is 6.07 Å². The Hall–Kier alpha value is -3.63. The third-order valence-corrected chi connectivity index (χ3v) is 11.3. The number of nitrogens with zero attached hydrogens (tertiary/aromatic N) is 2. The first-order valence-electron chi connectivity index (χ1n) is 13.0. The van der Waals surface area contributed by atoms with Crippen LogP contribution >= 0.6 is 0 Å². The van der Waals surface area contributed by atoms with E-state index in [-0.39, 0.29) is 22.6 Å². The van der Waals surface area contributed by atoms with E-state index in [0.29, 0.717) is 47.2 Å². The van der Waals surface area contributed by atoms with Crippen LogP contribution in [-0.4, -0.2) is 47.8 Å². The Morgan fingerprint density at radius 3 is 2.36 bits per heavy atom. The van der Waals surface area contributed by atoms with Gasteiger partial charge in [0.1, 0.15) is 23.4 Å². The number of amides is 1. The SMILES string of the molecule is CCc1cc(Oc2cc(O[C@@H](C)CO[Si](C)(C)C(C)(C)C)cc(C(=O)Nc3ccn(C)n3)c2)ccc1C(=O)O. The maximum Gasteiger partial charge on any atom is 0.335 e. The van der Waals surface area contributed by atoms with E-state index in [9.17, 15) is 14.7 Å². The van der Waals surface area contributed by atoms with E-state index < -0.39 is 14.3 Å². The topological polar surface area (TPSA) is 112 Å². The summed E-state index contributed by atoms with van der Waals surface area (Å²) in [5, 5.41) is 16.5. The summed E-state index contributed by atoms with van der Waals surface area (Å²) in [6.07, 6.45) is 1.99. The summed E-state index contributed by atoms with van der Waals surface area (Å²) in [4.78, 5) is 24.6. The number of carboxylic acids is 1. The van der Waals surface area contributed by atoms with Gasteiger partial charge in [-0.2, -0.15) is 5.10 Å². The summed E-state index contributed by atoms with van der Waals surface area (Å²) in [6, 6.07) is 11.5. The molecule has 1 heterocycles. The lowest BCUT2D eigenvalue weighted by Crippen LogP contribution is -2.43. The lowest BCUT2D eigenvalue weighted by Gasteiger charge is -2.36. The smallest absolute Gasteiger partial charge is 0.335 e. The van der Waals surface area contributed by atoms with Crippen molar-refractivity contribution in [2.75, 3.05) is 11.9 Å². The Morgan fingerprint density at radius 1 is 1.08 bits per heavy atom. The third-order valence-electron chi connectivity index (χ3n) is 6.84. The Bertz CT molecular complexity index is 1330. The minimum Gasteiger partial charge on any atom is -0.488 e. The Kier molecular flexibility index (Phi) is 9.24. The van der Waals surface area contributed by atoms with Crippen molar-refractivity contribution in [3.8, 4) is 17.2 Å². The Morgan fingerprint density at radius 2 is 1.77 bits per heavy atom. The lowest BCUT2D eigenvalue weighted by atomic mass is 10.1. The van der Waals surface area contributed by atoms with Crippen molar-refractivity contribution in [2.24, 2.45) is 7.05 Å². The van der Waals surface area contributed by atoms with Crippen molar-refractivity contribution < 1.29 is 28.6 Å². The highest BCUT2D eigenvalue weighted by atomic mass is 28.4. The second-order valence-electron chi connectivity index (χ2n) is 11.1. The van der Waals surface area contributed by atoms with Gasteiger partial charge in [0.05, 0.1) is 12.2 Å². The highest BCUT2D eigenvalue weighted by Crippen LogP contribution is 2.37. The molecule has 0 unspecified atom stereocenters. The number of carbonyl (C=O) groups excluding carboxylic acids is 1. The van der Waals surface area contributed by atoms with Gasteiger partial charge in [0.25, 0.3) is 5.91 Å². The van der Waals surface area contributed by atoms with Crippen molar-refractivity contribution in [2.45, 2.75) is 65.3 Å². The number of anilines is 1. The molecule has 0 saturated heterocycles. The number of aromatic nitrogens is 2. The molecule has 0 aliphatic heterocycles. The molecule has 2 N–H and O–H groups in total. The molecule has 1 aromatic heterocycles. The predicted molar refractivity (Wildman–Crippen MR) is 154 cm³/mol. The van der Waals surface area contributed by atoms with Gasteiger partial charge >= 0.3 is 5.97 Å². The van der Waals surface area contributed by atoms with Crippen LogP contribution in [0.4, 0.5) is 5.82 Å². The number of hydrogen-bond donors (Lipinski definition) is 2. The van der Waals surface area contributed by atoms with Crippen LogP contribution < -0.4 is 14.8 Å². The average Bonchev–Trinajstić information content (AvgIpc) is 3.26. The van der Waals surface area contributed by atoms with Gasteiger partial charge < -0.3 is 24.3 Å². The first-order valence-corrected chi connectivity index (χ1v) is 15.9. The van der Waals surface area contributed by atoms with Gasteiger partial charge in [0, 0.05) is 30.9 Å². The molecule has 3 aromatic rings. The molecule has 1 amide bonds. The molecule has 0 spiro atoms. The zero-order valence-electron chi connectivity index (χ0n) is 24.0. The largest absolute Gasteiger partial charge is 0.488 e. The van der Waals surface area contributed by atoms with E-state index in [1.54, 1.807) is 54.3 Å². The Balaban J connectivity index is 1.88. The number of aromatic carboxylic acids is 1. The first-order chi connectivity index (χ1) is 18.2. The molecule has 0 aliphatic rings. The number of rotatable bonds is 11. The van der Waals surface area contributed by atoms with Crippen molar-refractivity contribution in [3.05, 3.63) is 65.4 Å². The molecule has 3 rings (SSSR count). The van der Waals surface area contributed by atoms with Crippen molar-refractivity contribution in [3.63, 3.8) is 0 Å². The van der Waals surface area contributed by atoms with Gasteiger partial charge in [0.2, 0.25) is 0 Å². The summed E-state index contributed by atoms with van der Waals surface area (Å²) >= 11 is 0. The summed E-state index contributed by atoms with van der Waals surface area (Å²) < 4.78 is 20.2. The number of hydrogen-bond acceptors (Lipinski definition) is 6. The zero-order valence-corrected chi connectivity index (χ0v) is 25.0. The average molecular weight is 554 g/mol. The van der Waals surface area contributed by atoms with Crippen LogP contribution in [0.2, 0.25) is 18.1 Å². The number of benzene rings is 2. The molecule has 0 aliphatic carbocycles. The van der Waals surface area contributed by atoms with Crippen LogP contribution in [0.5, 0.6) is 17.2 Å². The van der Waals surface area contributed by atoms with Crippen molar-refractivity contribution in [1.82, 2.24) is 9.78 Å². The highest BCUT2D eigenvalue weighted by Gasteiger charge is 2.37. The van der Waals surface area contributed by atoms with E-state index in [4.69, 9.17) is 13.9 Å². The Labute approximate surface area is 231 Å². The van der Waals surface area contributed by atoms with Crippen LogP contribution in [0.1, 0.15) is 60.9 Å². The molecule has 0 fully saturated rings. The summed E-state index contributed by atoms with van der Waals surface area (Å²) in [6.45, 7) is 15.1. The van der Waals surface area contributed by atoms with Crippen LogP contribution in [0, 0.1) is 0 Å². The standard InChI is InChI=1S/C29H39N3O6Si/c1-9-20-14-22(10-11-25(20)28(34)35)38-24-16-21(27(33)30-26-12-13-32(6)31-26)15-23(17-24)37-19(2)18-36-39(7,8)29(3,4)5/h10-17,19H,9,18H2,1-8H3,(H,34,35)(H,30,31,33)/t19-/m0/s1. The number of ether oxygens (including phenoxy) is 2. The molecule has 0 bridgehead atoms. The molecular weight excluding hydrogens is 514 g/mol. The molecule has 2 aromatic carbocycles. The third kappa shape index (κ3) is 7.93. The first kappa shape index (κ1) is 29.9. The summed E-state index contributed by atoms with van der Waals surface area (Å²) in [7, 11) is -0.191. The number of carbonyl (C=O) groups is 2. The molecule has 0 saturated carbocycles. The normalized spacial score (nSPS) is 12.6. The van der Waals surface area contributed by atoms with E-state index in [2.05, 4.69) is 44.3 Å². The number of aryl methyl sites for hydroxylation is 2. The van der Waals surface area contributed by atoms with Crippen molar-refractivity contribution in [1.29, 1.82) is 0 Å². The molecular formula is C29H39N3O6Si. The summed E-state index contributed by atoms with van der Waals surface area (Å²) in [5.74, 6) is 0.341. The minimum atomic E-state index is -1.96. The van der Waals surface area contributed by atoms with Gasteiger partial charge in [-0.25, -0.2) is 4.79 Å². The van der Waals surface area contributed by atoms with Crippen molar-refractivity contribution >= 4 is 26.0 Å². The van der Waals surface area contributed by atoms with Crippen LogP contribution in [0.3, 0.4) is 0 Å². The number of carboxylic acid groups (broad SMARTS) is 1. The van der Waals surface area contributed by atoms with Crippen LogP contribution in [0.25, 0.3) is 0 Å². The minimum absolute atomic E-state index is 0.0741. The molecule has 39 heavy (non-hydrogen) atoms. The second kappa shape index (κ2) is 12.0. The van der Waals surface area contributed by atoms with E-state index >= 15 is 0 Å². The monoisotopic (exact) mass is 553 g/mol. The highest BCUT2D eigenvalue weighted by molar-refractivity contribution is 6.74. The van der Waals surface area contributed by atoms with Gasteiger partial charge in [-0.15, -0.1) is 0 Å². The number of nitrogens with one attached hydrogen (secondary N) is 1. The molecule has 10 heteroatoms. The van der Waals surface area contributed by atoms with Gasteiger partial charge in [-0.3, -0.25) is 9.48 Å². The fraction of sp³-hybridized carbons (Fsp3) is 0.414. The second-order valence-corrected chi connectivity index (χ2v) is 15.9. The van der Waals surface area contributed by atoms with E-state index in [1.807, 2.05) is 13.8 Å². The van der Waals surface area contributed by atoms with Crippen LogP contribution in [-0.2, 0) is 17.9 Å². The fourth-order valence-corrected chi connectivity index (χ4v) is 4.66. The predicted octanol–water partition coefficient (Wildman–Crippen LogP) is 6.51. The quantitative estimate of drug-likeness (QED) is 0.260. The van der Waals surface area contributed by atoms with Gasteiger partial charge in [-0.1, -0.05) is 27.7 Å². The fourth-order valence-electron chi connectivity index (χ4n) is 3.58. The maximum atomic E-state index is 13.1. The van der Waals surface area contributed by atoms with Gasteiger partial charge in [0.15, 0.2) is 14.1 Å². The van der Waals surface area contributed by atoms with Gasteiger partial charge in [-0.05, 0) is 67.4 Å². The molecule has 9 nitrogen and oxygen atoms in total. The van der Waals surface area contributed by atoms with Crippen LogP contribution in [0.15, 0.2) is 48.7 Å². The summed E-state index contributed by atoms with van der Waals surface area (Å²) in [5.41, 5.74) is 1.20. The zero-order chi connectivity index (χ0) is 29.0. The maximum absolute atomic E-state index is 13.1. The molecule has 0 radical (unpaired) electrons.